The number of hydrogen-bond acceptors (Lipinski definition) is 9. The van der Waals surface area contributed by atoms with Gasteiger partial charge in [-0.05, 0) is 70.6 Å². The van der Waals surface area contributed by atoms with Crippen molar-refractivity contribution < 1.29 is 42.7 Å². The highest BCUT2D eigenvalue weighted by Gasteiger charge is 2.25. The van der Waals surface area contributed by atoms with Gasteiger partial charge < -0.3 is 25.2 Å². The molecule has 0 rings (SSSR count). The maximum Gasteiger partial charge on any atom is 0.472 e. The van der Waals surface area contributed by atoms with Crippen LogP contribution in [-0.2, 0) is 32.7 Å². The number of ether oxygens (including phenoxy) is 2. The van der Waals surface area contributed by atoms with Crippen molar-refractivity contribution in [3.63, 3.8) is 0 Å². The third-order valence-electron chi connectivity index (χ3n) is 7.68. The minimum Gasteiger partial charge on any atom is -0.462 e. The van der Waals surface area contributed by atoms with Gasteiger partial charge in [0.1, 0.15) is 6.61 Å². The number of phosphoric acid groups is 1. The van der Waals surface area contributed by atoms with Gasteiger partial charge in [0.2, 0.25) is 0 Å². The SMILES string of the molecule is CC/C=C/C/C=C/C=C/C(O)CCCCCCCC(=O)O[C@H](COC(=O)CCCC/C=C\C/C=C\C/C=C\CCCCC)COP(=O)(O)OCCN. The fraction of sp³-hybridized carbons (Fsp3) is 0.659. The number of allylic oxidation sites excluding steroid dienone is 11. The van der Waals surface area contributed by atoms with E-state index in [1.165, 1.54) is 19.3 Å². The lowest BCUT2D eigenvalue weighted by Crippen LogP contribution is -2.29. The molecule has 4 N–H and O–H groups in total. The van der Waals surface area contributed by atoms with Gasteiger partial charge in [0.15, 0.2) is 6.10 Å². The Labute approximate surface area is 314 Å². The zero-order chi connectivity index (χ0) is 38.4. The fourth-order valence-corrected chi connectivity index (χ4v) is 5.53. The van der Waals surface area contributed by atoms with Crippen LogP contribution >= 0.6 is 7.82 Å². The van der Waals surface area contributed by atoms with Gasteiger partial charge in [-0.2, -0.15) is 0 Å². The van der Waals surface area contributed by atoms with Gasteiger partial charge in [-0.25, -0.2) is 4.57 Å². The second-order valence-corrected chi connectivity index (χ2v) is 14.1. The van der Waals surface area contributed by atoms with E-state index in [1.54, 1.807) is 6.08 Å². The Balaban J connectivity index is 4.39. The molecule has 0 spiro atoms. The van der Waals surface area contributed by atoms with E-state index >= 15 is 0 Å². The van der Waals surface area contributed by atoms with E-state index in [0.29, 0.717) is 19.3 Å². The molecule has 0 aromatic rings. The second kappa shape index (κ2) is 36.8. The zero-order valence-electron chi connectivity index (χ0n) is 32.1. The summed E-state index contributed by atoms with van der Waals surface area (Å²) in [6, 6.07) is 0. The number of esters is 2. The summed E-state index contributed by atoms with van der Waals surface area (Å²) >= 11 is 0. The topological polar surface area (TPSA) is 155 Å². The van der Waals surface area contributed by atoms with Gasteiger partial charge in [-0.1, -0.05) is 125 Å². The lowest BCUT2D eigenvalue weighted by atomic mass is 10.1. The number of hydrogen-bond donors (Lipinski definition) is 3. The van der Waals surface area contributed by atoms with Crippen LogP contribution in [0, 0.1) is 0 Å². The van der Waals surface area contributed by atoms with Gasteiger partial charge in [0.25, 0.3) is 0 Å². The number of carbonyl (C=O) groups excluding carboxylic acids is 2. The van der Waals surface area contributed by atoms with Crippen LogP contribution in [0.15, 0.2) is 72.9 Å². The standard InChI is InChI=1S/C41H70NO9P/c1-3-5-7-9-11-12-13-14-15-16-17-18-20-24-28-32-40(44)48-36-39(37-50-52(46,47)49-35-34-42)51-41(45)33-29-25-21-23-27-31-38(43)30-26-22-19-10-8-6-4-2/h6,8,11-12,14-15,17-19,22,26,30,38-39,43H,3-5,7,9-10,13,16,20-21,23-25,27-29,31-37,42H2,1-2H3,(H,46,47)/b8-6+,12-11-,15-14-,18-17-,22-19+,30-26+/t38?,39-/m1/s1. The molecule has 0 aliphatic rings. The fourth-order valence-electron chi connectivity index (χ4n) is 4.76. The molecule has 0 aliphatic carbocycles. The zero-order valence-corrected chi connectivity index (χ0v) is 33.0. The predicted molar refractivity (Wildman–Crippen MR) is 212 cm³/mol. The average molecular weight is 752 g/mol. The lowest BCUT2D eigenvalue weighted by molar-refractivity contribution is -0.161. The average Bonchev–Trinajstić information content (AvgIpc) is 3.12. The molecule has 0 aromatic carbocycles. The van der Waals surface area contributed by atoms with E-state index in [0.717, 1.165) is 70.6 Å². The first kappa shape index (κ1) is 49.4. The maximum atomic E-state index is 12.5. The Hall–Kier alpha value is -2.59. The normalized spacial score (nSPS) is 14.8. The highest BCUT2D eigenvalue weighted by atomic mass is 31.2. The van der Waals surface area contributed by atoms with Crippen LogP contribution in [0.2, 0.25) is 0 Å². The monoisotopic (exact) mass is 751 g/mol. The molecule has 0 fully saturated rings. The van der Waals surface area contributed by atoms with Crippen molar-refractivity contribution in [3.8, 4) is 0 Å². The summed E-state index contributed by atoms with van der Waals surface area (Å²) in [7, 11) is -4.41. The third-order valence-corrected chi connectivity index (χ3v) is 8.66. The Morgan fingerprint density at radius 2 is 1.29 bits per heavy atom. The molecular formula is C41H70NO9P. The molecular weight excluding hydrogens is 681 g/mol. The Morgan fingerprint density at radius 3 is 1.98 bits per heavy atom. The minimum absolute atomic E-state index is 0.0283. The molecule has 0 aliphatic heterocycles. The number of rotatable bonds is 35. The highest BCUT2D eigenvalue weighted by molar-refractivity contribution is 7.47. The number of carbonyl (C=O) groups is 2. The molecule has 0 saturated carbocycles. The van der Waals surface area contributed by atoms with Gasteiger partial charge in [0.05, 0.1) is 19.3 Å². The van der Waals surface area contributed by atoms with Crippen molar-refractivity contribution in [2.75, 3.05) is 26.4 Å². The van der Waals surface area contributed by atoms with Crippen LogP contribution in [-0.4, -0.2) is 60.5 Å². The van der Waals surface area contributed by atoms with Crippen LogP contribution in [0.3, 0.4) is 0 Å². The number of aliphatic hydroxyl groups excluding tert-OH is 1. The summed E-state index contributed by atoms with van der Waals surface area (Å²) in [5.41, 5.74) is 5.32. The smallest absolute Gasteiger partial charge is 0.462 e. The molecule has 0 radical (unpaired) electrons. The summed E-state index contributed by atoms with van der Waals surface area (Å²) in [5.74, 6) is -0.959. The summed E-state index contributed by atoms with van der Waals surface area (Å²) in [4.78, 5) is 34.7. The first-order valence-corrected chi connectivity index (χ1v) is 21.0. The molecule has 0 amide bonds. The molecule has 0 aromatic heterocycles. The summed E-state index contributed by atoms with van der Waals surface area (Å²) in [6.07, 6.45) is 39.6. The molecule has 2 unspecified atom stereocenters. The van der Waals surface area contributed by atoms with E-state index in [-0.39, 0.29) is 32.6 Å². The van der Waals surface area contributed by atoms with Gasteiger partial charge in [-0.3, -0.25) is 18.6 Å². The van der Waals surface area contributed by atoms with Gasteiger partial charge >= 0.3 is 19.8 Å². The first-order valence-electron chi connectivity index (χ1n) is 19.5. The second-order valence-electron chi connectivity index (χ2n) is 12.6. The summed E-state index contributed by atoms with van der Waals surface area (Å²) in [5, 5.41) is 10.1. The van der Waals surface area contributed by atoms with Crippen LogP contribution in [0.5, 0.6) is 0 Å². The number of phosphoric ester groups is 1. The lowest BCUT2D eigenvalue weighted by Gasteiger charge is -2.19. The van der Waals surface area contributed by atoms with Crippen LogP contribution in [0.4, 0.5) is 0 Å². The van der Waals surface area contributed by atoms with E-state index in [4.69, 9.17) is 24.3 Å². The molecule has 0 bridgehead atoms. The van der Waals surface area contributed by atoms with E-state index in [9.17, 15) is 24.2 Å². The van der Waals surface area contributed by atoms with Crippen molar-refractivity contribution in [2.45, 2.75) is 148 Å². The number of aliphatic hydroxyl groups is 1. The Morgan fingerprint density at radius 1 is 0.692 bits per heavy atom. The Bertz CT molecular complexity index is 1100. The quantitative estimate of drug-likeness (QED) is 0.0187. The molecule has 10 nitrogen and oxygen atoms in total. The first-order chi connectivity index (χ1) is 25.2. The van der Waals surface area contributed by atoms with Crippen LogP contribution < -0.4 is 5.73 Å². The molecule has 0 saturated heterocycles. The molecule has 298 valence electrons. The highest BCUT2D eigenvalue weighted by Crippen LogP contribution is 2.43. The largest absolute Gasteiger partial charge is 0.472 e. The predicted octanol–water partition coefficient (Wildman–Crippen LogP) is 9.68. The summed E-state index contributed by atoms with van der Waals surface area (Å²) < 4.78 is 32.6. The number of nitrogens with two attached hydrogens (primary N) is 1. The molecule has 11 heteroatoms. The summed E-state index contributed by atoms with van der Waals surface area (Å²) in [6.45, 7) is 3.38. The van der Waals surface area contributed by atoms with Crippen molar-refractivity contribution in [1.29, 1.82) is 0 Å². The van der Waals surface area contributed by atoms with Crippen molar-refractivity contribution in [1.82, 2.24) is 0 Å². The van der Waals surface area contributed by atoms with Crippen LogP contribution in [0.1, 0.15) is 136 Å². The molecule has 3 atom stereocenters. The molecule has 0 heterocycles. The van der Waals surface area contributed by atoms with Crippen LogP contribution in [0.25, 0.3) is 0 Å². The van der Waals surface area contributed by atoms with Crippen molar-refractivity contribution in [2.24, 2.45) is 5.73 Å². The minimum atomic E-state index is -4.41. The van der Waals surface area contributed by atoms with Crippen molar-refractivity contribution >= 4 is 19.8 Å². The number of unbranched alkanes of at least 4 members (excludes halogenated alkanes) is 9. The van der Waals surface area contributed by atoms with Gasteiger partial charge in [-0.15, -0.1) is 0 Å². The van der Waals surface area contributed by atoms with E-state index in [1.807, 2.05) is 18.2 Å². The van der Waals surface area contributed by atoms with Crippen molar-refractivity contribution in [3.05, 3.63) is 72.9 Å². The third kappa shape index (κ3) is 35.8. The van der Waals surface area contributed by atoms with E-state index < -0.39 is 38.6 Å². The molecule has 52 heavy (non-hydrogen) atoms. The maximum absolute atomic E-state index is 12.5. The van der Waals surface area contributed by atoms with Gasteiger partial charge in [0, 0.05) is 19.4 Å². The van der Waals surface area contributed by atoms with E-state index in [2.05, 4.69) is 62.5 Å². The Kier molecular flexibility index (Phi) is 34.9.